The van der Waals surface area contributed by atoms with E-state index in [4.69, 9.17) is 0 Å². The van der Waals surface area contributed by atoms with Crippen molar-refractivity contribution in [3.8, 4) is 22.3 Å². The molecule has 0 aliphatic heterocycles. The average molecular weight is 771 g/mol. The monoisotopic (exact) mass is 770 g/mol. The van der Waals surface area contributed by atoms with Crippen molar-refractivity contribution in [1.29, 1.82) is 0 Å². The second-order valence-electron chi connectivity index (χ2n) is 17.1. The molecule has 0 bridgehead atoms. The van der Waals surface area contributed by atoms with Crippen LogP contribution >= 0.6 is 0 Å². The Labute approximate surface area is 336 Å². The lowest BCUT2D eigenvalue weighted by molar-refractivity contribution is -0.131. The Balaban J connectivity index is 0.000000175. The quantitative estimate of drug-likeness (QED) is 0.204. The Kier molecular flexibility index (Phi) is 12.2. The number of aryl methyl sites for hydroxylation is 6. The number of amides is 1. The summed E-state index contributed by atoms with van der Waals surface area (Å²) in [7, 11) is 3.58. The number of hydrogen-bond acceptors (Lipinski definition) is 6. The van der Waals surface area contributed by atoms with E-state index in [9.17, 15) is 24.0 Å². The molecule has 0 unspecified atom stereocenters. The lowest BCUT2D eigenvalue weighted by Gasteiger charge is -2.30. The third-order valence-corrected chi connectivity index (χ3v) is 12.8. The van der Waals surface area contributed by atoms with Gasteiger partial charge in [0.05, 0.1) is 0 Å². The van der Waals surface area contributed by atoms with Gasteiger partial charge in [0.1, 0.15) is 11.6 Å². The van der Waals surface area contributed by atoms with E-state index in [-0.39, 0.29) is 22.8 Å². The number of nitrogens with one attached hydrogen (secondary N) is 1. The molecule has 2 aromatic carbocycles. The highest BCUT2D eigenvalue weighted by molar-refractivity contribution is 5.85. The molecule has 0 spiro atoms. The lowest BCUT2D eigenvalue weighted by Crippen LogP contribution is -2.37. The smallest absolute Gasteiger partial charge is 0.253 e. The number of aromatic nitrogens is 2. The van der Waals surface area contributed by atoms with Crippen molar-refractivity contribution < 1.29 is 14.4 Å². The first-order chi connectivity index (χ1) is 27.3. The highest BCUT2D eigenvalue weighted by Gasteiger charge is 2.28. The summed E-state index contributed by atoms with van der Waals surface area (Å²) >= 11 is 0. The van der Waals surface area contributed by atoms with Crippen LogP contribution < -0.4 is 16.4 Å². The summed E-state index contributed by atoms with van der Waals surface area (Å²) in [6, 6.07) is 13.5. The molecule has 9 nitrogen and oxygen atoms in total. The maximum absolute atomic E-state index is 12.5. The molecule has 300 valence electrons. The summed E-state index contributed by atoms with van der Waals surface area (Å²) in [5.74, 6) is 0.709. The molecule has 0 saturated heterocycles. The number of carbonyl (C=O) groups excluding carboxylic acids is 3. The van der Waals surface area contributed by atoms with Crippen LogP contribution in [0.1, 0.15) is 116 Å². The van der Waals surface area contributed by atoms with E-state index in [0.29, 0.717) is 55.7 Å². The SMILES string of the molecule is CC(=O)N(Cc1cc(-c2cc(C)c(=O)n(C)c2)cc2c1CC(=O)CC2)C1CCCC1.Cc1cc(-c2cc3c(c(CNC4CCCC4)c2)CC(=O)CC3)cn(C)c1=O. The molecule has 57 heavy (non-hydrogen) atoms. The molecule has 4 aliphatic carbocycles. The van der Waals surface area contributed by atoms with E-state index >= 15 is 0 Å². The lowest BCUT2D eigenvalue weighted by atomic mass is 9.84. The fourth-order valence-corrected chi connectivity index (χ4v) is 9.60. The predicted molar refractivity (Wildman–Crippen MR) is 225 cm³/mol. The van der Waals surface area contributed by atoms with Crippen molar-refractivity contribution in [3.63, 3.8) is 0 Å². The Bertz CT molecular complexity index is 2270. The molecule has 1 amide bonds. The van der Waals surface area contributed by atoms with E-state index in [1.54, 1.807) is 30.2 Å². The first-order valence-electron chi connectivity index (χ1n) is 21.0. The van der Waals surface area contributed by atoms with Gasteiger partial charge in [0, 0.05) is 95.4 Å². The third kappa shape index (κ3) is 9.14. The third-order valence-electron chi connectivity index (χ3n) is 12.8. The second kappa shape index (κ2) is 17.3. The van der Waals surface area contributed by atoms with Crippen LogP contribution in [0.25, 0.3) is 22.3 Å². The molecule has 8 rings (SSSR count). The van der Waals surface area contributed by atoms with Crippen molar-refractivity contribution in [3.05, 3.63) is 114 Å². The molecule has 4 aromatic rings. The number of carbonyl (C=O) groups is 3. The molecule has 4 aliphatic rings. The molecule has 2 aromatic heterocycles. The molecule has 1 N–H and O–H groups in total. The normalized spacial score (nSPS) is 16.9. The molecule has 0 atom stereocenters. The van der Waals surface area contributed by atoms with Crippen LogP contribution in [0, 0.1) is 13.8 Å². The Morgan fingerprint density at radius 1 is 0.649 bits per heavy atom. The van der Waals surface area contributed by atoms with E-state index in [1.807, 2.05) is 43.3 Å². The predicted octanol–water partition coefficient (Wildman–Crippen LogP) is 7.16. The van der Waals surface area contributed by atoms with Gasteiger partial charge in [0.2, 0.25) is 5.91 Å². The summed E-state index contributed by atoms with van der Waals surface area (Å²) in [6.07, 6.45) is 17.1. The average Bonchev–Trinajstić information content (AvgIpc) is 3.92. The molecule has 9 heteroatoms. The second-order valence-corrected chi connectivity index (χ2v) is 17.1. The molecule has 0 radical (unpaired) electrons. The molecule has 2 fully saturated rings. The van der Waals surface area contributed by atoms with Crippen molar-refractivity contribution in [1.82, 2.24) is 19.4 Å². The number of ketones is 2. The Morgan fingerprint density at radius 2 is 1.12 bits per heavy atom. The van der Waals surface area contributed by atoms with Gasteiger partial charge in [-0.15, -0.1) is 0 Å². The number of Topliss-reactive ketones (excluding diaryl/α,β-unsaturated/α-hetero) is 2. The molecule has 2 saturated carbocycles. The van der Waals surface area contributed by atoms with Gasteiger partial charge < -0.3 is 19.4 Å². The van der Waals surface area contributed by atoms with Gasteiger partial charge in [-0.1, -0.05) is 37.8 Å². The van der Waals surface area contributed by atoms with Crippen LogP contribution in [-0.2, 0) is 67.3 Å². The maximum atomic E-state index is 12.5. The fraction of sp³-hybridized carbons (Fsp3) is 0.479. The minimum atomic E-state index is 0.00604. The number of rotatable bonds is 8. The first-order valence-corrected chi connectivity index (χ1v) is 21.0. The summed E-state index contributed by atoms with van der Waals surface area (Å²) in [5, 5.41) is 3.71. The van der Waals surface area contributed by atoms with Crippen LogP contribution in [0.4, 0.5) is 0 Å². The summed E-state index contributed by atoms with van der Waals surface area (Å²) in [5.41, 5.74) is 12.9. The standard InChI is InChI=1S/C25H30N2O3.C23H28N2O2/c1-16-10-20(14-26(3)25(16)30)19-11-18-8-9-23(29)13-24(18)21(12-19)15-27(17(2)28)22-6-4-5-7-22;1-15-9-19(14-25(2)23(15)27)17-10-16-7-8-21(26)12-22(16)18(11-17)13-24-20-5-3-4-6-20/h10-12,14,22H,4-9,13,15H2,1-3H3;9-11,14,20,24H,3-8,12-13H2,1-2H3. The zero-order valence-electron chi connectivity index (χ0n) is 34.5. The van der Waals surface area contributed by atoms with Gasteiger partial charge in [-0.25, -0.2) is 0 Å². The largest absolute Gasteiger partial charge is 0.336 e. The number of hydrogen-bond donors (Lipinski definition) is 1. The van der Waals surface area contributed by atoms with Crippen molar-refractivity contribution in [2.75, 3.05) is 0 Å². The van der Waals surface area contributed by atoms with E-state index in [2.05, 4.69) is 29.6 Å². The zero-order chi connectivity index (χ0) is 40.4. The highest BCUT2D eigenvalue weighted by atomic mass is 16.2. The minimum absolute atomic E-state index is 0.00604. The highest BCUT2D eigenvalue weighted by Crippen LogP contribution is 2.34. The number of benzene rings is 2. The minimum Gasteiger partial charge on any atom is -0.336 e. The van der Waals surface area contributed by atoms with Gasteiger partial charge in [-0.05, 0) is 132 Å². The fourth-order valence-electron chi connectivity index (χ4n) is 9.60. The summed E-state index contributed by atoms with van der Waals surface area (Å²) in [4.78, 5) is 62.9. The van der Waals surface area contributed by atoms with Gasteiger partial charge in [0.25, 0.3) is 11.1 Å². The number of fused-ring (bicyclic) bond motifs is 2. The van der Waals surface area contributed by atoms with Gasteiger partial charge >= 0.3 is 0 Å². The van der Waals surface area contributed by atoms with Crippen molar-refractivity contribution in [2.24, 2.45) is 14.1 Å². The van der Waals surface area contributed by atoms with Crippen LogP contribution in [0.5, 0.6) is 0 Å². The van der Waals surface area contributed by atoms with Gasteiger partial charge in [-0.2, -0.15) is 0 Å². The Morgan fingerprint density at radius 3 is 1.61 bits per heavy atom. The number of nitrogens with zero attached hydrogens (tertiary/aromatic N) is 3. The van der Waals surface area contributed by atoms with E-state index in [0.717, 1.165) is 71.2 Å². The molecule has 2 heterocycles. The van der Waals surface area contributed by atoms with Crippen LogP contribution in [0.15, 0.2) is 58.4 Å². The zero-order valence-corrected chi connectivity index (χ0v) is 34.5. The summed E-state index contributed by atoms with van der Waals surface area (Å²) in [6.45, 7) is 6.72. The van der Waals surface area contributed by atoms with Gasteiger partial charge in [-0.3, -0.25) is 24.0 Å². The Hall–Kier alpha value is -4.89. The molecular weight excluding hydrogens is 713 g/mol. The van der Waals surface area contributed by atoms with Gasteiger partial charge in [0.15, 0.2) is 0 Å². The topological polar surface area (TPSA) is 110 Å². The van der Waals surface area contributed by atoms with Crippen LogP contribution in [-0.4, -0.2) is 43.6 Å². The van der Waals surface area contributed by atoms with Crippen LogP contribution in [0.2, 0.25) is 0 Å². The van der Waals surface area contributed by atoms with Crippen molar-refractivity contribution >= 4 is 17.5 Å². The van der Waals surface area contributed by atoms with Crippen LogP contribution in [0.3, 0.4) is 0 Å². The van der Waals surface area contributed by atoms with E-state index in [1.165, 1.54) is 60.8 Å². The molecular formula is C48H58N4O5. The number of pyridine rings is 2. The maximum Gasteiger partial charge on any atom is 0.253 e. The van der Waals surface area contributed by atoms with E-state index < -0.39 is 0 Å². The first kappa shape index (κ1) is 40.3. The van der Waals surface area contributed by atoms with Crippen molar-refractivity contribution in [2.45, 2.75) is 136 Å². The summed E-state index contributed by atoms with van der Waals surface area (Å²) < 4.78 is 3.28.